The first-order valence-electron chi connectivity index (χ1n) is 15.8. The van der Waals surface area contributed by atoms with E-state index in [4.69, 9.17) is 11.6 Å². The van der Waals surface area contributed by atoms with Gasteiger partial charge in [0.25, 0.3) is 11.8 Å². The Balaban J connectivity index is 1.75. The van der Waals surface area contributed by atoms with Crippen molar-refractivity contribution in [1.82, 2.24) is 19.4 Å². The molecule has 2 aromatic carbocycles. The number of amides is 3. The Labute approximate surface area is 283 Å². The number of anilines is 1. The highest BCUT2D eigenvalue weighted by Crippen LogP contribution is 2.32. The van der Waals surface area contributed by atoms with Crippen LogP contribution >= 0.6 is 11.6 Å². The van der Waals surface area contributed by atoms with Crippen LogP contribution in [0.1, 0.15) is 70.3 Å². The molecule has 2 atom stereocenters. The minimum atomic E-state index is -5.05. The standard InChI is InChI=1S/C35H40ClF3N6O3/c1-21(2)16-25(18-40)31(47)43-15-7-8-27(43)20-45-29-14-9-23(19-44(22(3)34(4,5)6)32(48)35(37,38)39)17-28(29)41-33(45)42-30(46)24-10-12-26(36)13-11-24/h9-14,16-17,21-22,27H,7-8,15,19-20H2,1-6H3,(H,41,42,46)/b25-16-/t22-,27?/m0/s1. The van der Waals surface area contributed by atoms with Gasteiger partial charge in [-0.15, -0.1) is 0 Å². The van der Waals surface area contributed by atoms with Crippen molar-refractivity contribution in [2.75, 3.05) is 11.9 Å². The number of carbonyl (C=O) groups is 3. The summed E-state index contributed by atoms with van der Waals surface area (Å²) in [6.45, 7) is 11.0. The van der Waals surface area contributed by atoms with Crippen LogP contribution in [0.25, 0.3) is 11.0 Å². The maximum atomic E-state index is 13.7. The molecule has 9 nitrogen and oxygen atoms in total. The topological polar surface area (TPSA) is 111 Å². The minimum Gasteiger partial charge on any atom is -0.333 e. The molecule has 1 aromatic heterocycles. The van der Waals surface area contributed by atoms with Crippen LogP contribution in [0.3, 0.4) is 0 Å². The van der Waals surface area contributed by atoms with E-state index in [9.17, 15) is 32.8 Å². The summed E-state index contributed by atoms with van der Waals surface area (Å²) in [5, 5.41) is 13.0. The Morgan fingerprint density at radius 3 is 2.38 bits per heavy atom. The van der Waals surface area contributed by atoms with Crippen LogP contribution in [-0.2, 0) is 22.7 Å². The third-order valence-corrected chi connectivity index (χ3v) is 8.86. The van der Waals surface area contributed by atoms with Crippen LogP contribution in [0.5, 0.6) is 0 Å². The molecule has 4 rings (SSSR count). The lowest BCUT2D eigenvalue weighted by Gasteiger charge is -2.38. The number of nitriles is 1. The lowest BCUT2D eigenvalue weighted by atomic mass is 9.86. The third-order valence-electron chi connectivity index (χ3n) is 8.60. The second kappa shape index (κ2) is 14.4. The number of hydrogen-bond acceptors (Lipinski definition) is 5. The number of benzene rings is 2. The SMILES string of the molecule is CC(C)/C=C(/C#N)C(=O)N1CCCC1Cn1c(NC(=O)c2ccc(Cl)cc2)nc2cc(CN(C(=O)C(F)(F)F)[C@@H](C)C(C)(C)C)ccc21. The molecule has 256 valence electrons. The van der Waals surface area contributed by atoms with E-state index in [1.54, 1.807) is 85.7 Å². The number of likely N-dealkylation sites (tertiary alicyclic amines) is 1. The second-order valence-corrected chi connectivity index (χ2v) is 14.0. The largest absolute Gasteiger partial charge is 0.471 e. The van der Waals surface area contributed by atoms with Crippen molar-refractivity contribution >= 4 is 46.3 Å². The van der Waals surface area contributed by atoms with E-state index in [0.717, 1.165) is 11.3 Å². The van der Waals surface area contributed by atoms with Gasteiger partial charge in [-0.2, -0.15) is 18.4 Å². The van der Waals surface area contributed by atoms with E-state index >= 15 is 0 Å². The first-order valence-corrected chi connectivity index (χ1v) is 16.1. The predicted octanol–water partition coefficient (Wildman–Crippen LogP) is 7.36. The highest BCUT2D eigenvalue weighted by atomic mass is 35.5. The molecule has 3 aromatic rings. The molecule has 0 spiro atoms. The minimum absolute atomic E-state index is 0.000130. The molecule has 1 unspecified atom stereocenters. The smallest absolute Gasteiger partial charge is 0.333 e. The maximum absolute atomic E-state index is 13.7. The van der Waals surface area contributed by atoms with E-state index in [1.807, 2.05) is 19.9 Å². The fraction of sp³-hybridized carbons (Fsp3) is 0.457. The Morgan fingerprint density at radius 1 is 1.12 bits per heavy atom. The number of fused-ring (bicyclic) bond motifs is 1. The average Bonchev–Trinajstić information content (AvgIpc) is 3.61. The number of aromatic nitrogens is 2. The number of nitrogens with one attached hydrogen (secondary N) is 1. The van der Waals surface area contributed by atoms with Gasteiger partial charge in [0.2, 0.25) is 5.95 Å². The molecule has 2 heterocycles. The van der Waals surface area contributed by atoms with Crippen molar-refractivity contribution in [2.24, 2.45) is 11.3 Å². The van der Waals surface area contributed by atoms with Crippen LogP contribution in [0, 0.1) is 22.7 Å². The first kappa shape index (κ1) is 36.5. The highest BCUT2D eigenvalue weighted by molar-refractivity contribution is 6.30. The van der Waals surface area contributed by atoms with Gasteiger partial charge in [-0.3, -0.25) is 19.7 Å². The van der Waals surface area contributed by atoms with Crippen LogP contribution in [0.4, 0.5) is 19.1 Å². The van der Waals surface area contributed by atoms with Crippen molar-refractivity contribution in [3.8, 4) is 6.07 Å². The Hall–Kier alpha value is -4.37. The zero-order valence-electron chi connectivity index (χ0n) is 27.9. The van der Waals surface area contributed by atoms with Gasteiger partial charge in [0.1, 0.15) is 11.6 Å². The number of hydrogen-bond donors (Lipinski definition) is 1. The summed E-state index contributed by atoms with van der Waals surface area (Å²) >= 11 is 6.00. The molecular weight excluding hydrogens is 645 g/mol. The number of imidazole rings is 1. The summed E-state index contributed by atoms with van der Waals surface area (Å²) in [6, 6.07) is 12.2. The molecule has 0 saturated carbocycles. The van der Waals surface area contributed by atoms with Crippen molar-refractivity contribution in [3.63, 3.8) is 0 Å². The van der Waals surface area contributed by atoms with Crippen LogP contribution in [-0.4, -0.2) is 61.9 Å². The molecule has 1 saturated heterocycles. The number of alkyl halides is 3. The highest BCUT2D eigenvalue weighted by Gasteiger charge is 2.45. The summed E-state index contributed by atoms with van der Waals surface area (Å²) in [7, 11) is 0. The van der Waals surface area contributed by atoms with Crippen molar-refractivity contribution in [3.05, 3.63) is 70.3 Å². The predicted molar refractivity (Wildman–Crippen MR) is 178 cm³/mol. The fourth-order valence-electron chi connectivity index (χ4n) is 5.69. The monoisotopic (exact) mass is 684 g/mol. The Bertz CT molecular complexity index is 1750. The molecule has 0 radical (unpaired) electrons. The number of carbonyl (C=O) groups excluding carboxylic acids is 3. The lowest BCUT2D eigenvalue weighted by molar-refractivity contribution is -0.190. The molecular formula is C35H40ClF3N6O3. The zero-order chi connectivity index (χ0) is 35.6. The summed E-state index contributed by atoms with van der Waals surface area (Å²) in [5.74, 6) is -2.59. The van der Waals surface area contributed by atoms with Gasteiger partial charge < -0.3 is 14.4 Å². The molecule has 48 heavy (non-hydrogen) atoms. The summed E-state index contributed by atoms with van der Waals surface area (Å²) in [6.07, 6.45) is -2.05. The quantitative estimate of drug-likeness (QED) is 0.187. The maximum Gasteiger partial charge on any atom is 0.471 e. The molecule has 3 amide bonds. The van der Waals surface area contributed by atoms with E-state index < -0.39 is 29.4 Å². The Morgan fingerprint density at radius 2 is 1.79 bits per heavy atom. The van der Waals surface area contributed by atoms with Crippen molar-refractivity contribution in [2.45, 2.75) is 85.7 Å². The van der Waals surface area contributed by atoms with Gasteiger partial charge in [-0.05, 0) is 73.1 Å². The second-order valence-electron chi connectivity index (χ2n) is 13.5. The molecule has 1 fully saturated rings. The van der Waals surface area contributed by atoms with Gasteiger partial charge in [0.15, 0.2) is 0 Å². The lowest BCUT2D eigenvalue weighted by Crippen LogP contribution is -2.50. The average molecular weight is 685 g/mol. The fourth-order valence-corrected chi connectivity index (χ4v) is 5.81. The van der Waals surface area contributed by atoms with Gasteiger partial charge in [0, 0.05) is 36.3 Å². The van der Waals surface area contributed by atoms with E-state index in [2.05, 4.69) is 10.3 Å². The van der Waals surface area contributed by atoms with Gasteiger partial charge >= 0.3 is 12.1 Å². The van der Waals surface area contributed by atoms with E-state index in [0.29, 0.717) is 40.1 Å². The normalized spacial score (nSPS) is 16.2. The molecule has 1 N–H and O–H groups in total. The number of halogens is 4. The van der Waals surface area contributed by atoms with Gasteiger partial charge in [-0.25, -0.2) is 4.98 Å². The summed E-state index contributed by atoms with van der Waals surface area (Å²) < 4.78 is 42.7. The molecule has 13 heteroatoms. The summed E-state index contributed by atoms with van der Waals surface area (Å²) in [5.41, 5.74) is 1.13. The third kappa shape index (κ3) is 8.37. The zero-order valence-corrected chi connectivity index (χ0v) is 28.6. The molecule has 0 aliphatic carbocycles. The van der Waals surface area contributed by atoms with Crippen molar-refractivity contribution < 1.29 is 27.6 Å². The molecule has 0 bridgehead atoms. The molecule has 1 aliphatic rings. The van der Waals surface area contributed by atoms with E-state index in [-0.39, 0.29) is 42.5 Å². The van der Waals surface area contributed by atoms with Crippen LogP contribution in [0.2, 0.25) is 5.02 Å². The van der Waals surface area contributed by atoms with Crippen LogP contribution in [0.15, 0.2) is 54.1 Å². The number of rotatable bonds is 9. The first-order chi connectivity index (χ1) is 22.4. The number of allylic oxidation sites excluding steroid dienone is 1. The molecule has 1 aliphatic heterocycles. The van der Waals surface area contributed by atoms with E-state index in [1.165, 1.54) is 0 Å². The van der Waals surface area contributed by atoms with Gasteiger partial charge in [0.05, 0.1) is 17.1 Å². The summed E-state index contributed by atoms with van der Waals surface area (Å²) in [4.78, 5) is 46.4. The van der Waals surface area contributed by atoms with Gasteiger partial charge in [-0.1, -0.05) is 58.4 Å². The van der Waals surface area contributed by atoms with Crippen molar-refractivity contribution in [1.29, 1.82) is 5.26 Å². The van der Waals surface area contributed by atoms with Crippen LogP contribution < -0.4 is 5.32 Å². The number of nitrogens with zero attached hydrogens (tertiary/aromatic N) is 5. The Kier molecular flexibility index (Phi) is 10.9.